The number of hydrogen-bond donors (Lipinski definition) is 1. The minimum absolute atomic E-state index is 0.272. The monoisotopic (exact) mass is 398 g/mol. The summed E-state index contributed by atoms with van der Waals surface area (Å²) in [6.07, 6.45) is 0. The van der Waals surface area contributed by atoms with Gasteiger partial charge in [-0.2, -0.15) is 0 Å². The normalized spacial score (nSPS) is 10.5. The molecule has 0 unspecified atom stereocenters. The lowest BCUT2D eigenvalue weighted by Crippen LogP contribution is -2.14. The van der Waals surface area contributed by atoms with E-state index < -0.39 is 27.1 Å². The predicted octanol–water partition coefficient (Wildman–Crippen LogP) is 4.50. The first kappa shape index (κ1) is 19.1. The predicted molar refractivity (Wildman–Crippen MR) is 105 cm³/mol. The third-order valence-electron chi connectivity index (χ3n) is 4.03. The summed E-state index contributed by atoms with van der Waals surface area (Å²) in [7, 11) is 0. The summed E-state index contributed by atoms with van der Waals surface area (Å²) in [5.41, 5.74) is 2.32. The number of aromatic nitrogens is 1. The Balaban J connectivity index is 1.88. The number of rotatable bonds is 5. The van der Waals surface area contributed by atoms with Crippen molar-refractivity contribution >= 4 is 33.8 Å². The molecule has 3 rings (SSSR count). The van der Waals surface area contributed by atoms with Crippen molar-refractivity contribution in [3.8, 4) is 11.3 Å². The van der Waals surface area contributed by atoms with Gasteiger partial charge in [0.15, 0.2) is 5.13 Å². The number of benzene rings is 2. The molecule has 1 amide bonds. The van der Waals surface area contributed by atoms with Crippen LogP contribution in [0.5, 0.6) is 0 Å². The molecule has 0 atom stereocenters. The van der Waals surface area contributed by atoms with Gasteiger partial charge in [0.25, 0.3) is 17.3 Å². The van der Waals surface area contributed by atoms with Crippen LogP contribution in [0, 0.1) is 34.1 Å². The molecule has 1 aromatic heterocycles. The quantitative estimate of drug-likeness (QED) is 0.498. The summed E-state index contributed by atoms with van der Waals surface area (Å²) >= 11 is 1.18. The summed E-state index contributed by atoms with van der Waals surface area (Å²) in [5.74, 6) is -0.761. The number of nitro benzene ring substituents is 2. The first-order chi connectivity index (χ1) is 13.3. The second-order valence-electron chi connectivity index (χ2n) is 6.03. The number of anilines is 1. The fourth-order valence-corrected chi connectivity index (χ4v) is 3.31. The molecule has 0 spiro atoms. The van der Waals surface area contributed by atoms with E-state index in [1.165, 1.54) is 11.3 Å². The number of nitrogens with one attached hydrogen (secondary N) is 1. The maximum Gasteiger partial charge on any atom is 0.289 e. The Morgan fingerprint density at radius 1 is 1.07 bits per heavy atom. The second kappa shape index (κ2) is 7.53. The van der Waals surface area contributed by atoms with Gasteiger partial charge in [-0.3, -0.25) is 30.3 Å². The molecule has 1 heterocycles. The Bertz CT molecular complexity index is 1110. The zero-order chi connectivity index (χ0) is 20.4. The van der Waals surface area contributed by atoms with Gasteiger partial charge in [0.1, 0.15) is 5.56 Å². The van der Waals surface area contributed by atoms with Crippen LogP contribution >= 0.6 is 11.3 Å². The van der Waals surface area contributed by atoms with Gasteiger partial charge in [-0.15, -0.1) is 11.3 Å². The van der Waals surface area contributed by atoms with Crippen LogP contribution in [0.15, 0.2) is 41.8 Å². The Hall–Kier alpha value is -3.66. The van der Waals surface area contributed by atoms with Crippen LogP contribution in [0.25, 0.3) is 11.3 Å². The zero-order valence-corrected chi connectivity index (χ0v) is 15.6. The Kier molecular flexibility index (Phi) is 5.14. The van der Waals surface area contributed by atoms with E-state index in [1.807, 2.05) is 32.0 Å². The van der Waals surface area contributed by atoms with Crippen LogP contribution in [0.4, 0.5) is 16.5 Å². The number of carbonyl (C=O) groups excluding carboxylic acids is 1. The van der Waals surface area contributed by atoms with E-state index in [1.54, 1.807) is 5.38 Å². The van der Waals surface area contributed by atoms with Crippen molar-refractivity contribution in [1.82, 2.24) is 4.98 Å². The highest BCUT2D eigenvalue weighted by Gasteiger charge is 2.24. The van der Waals surface area contributed by atoms with Crippen molar-refractivity contribution in [3.63, 3.8) is 0 Å². The van der Waals surface area contributed by atoms with Crippen LogP contribution in [0.1, 0.15) is 21.5 Å². The van der Waals surface area contributed by atoms with Crippen molar-refractivity contribution in [1.29, 1.82) is 0 Å². The van der Waals surface area contributed by atoms with Gasteiger partial charge < -0.3 is 0 Å². The number of hydrogen-bond acceptors (Lipinski definition) is 7. The number of amides is 1. The maximum atomic E-state index is 12.5. The minimum Gasteiger partial charge on any atom is -0.298 e. The molecule has 0 fully saturated rings. The van der Waals surface area contributed by atoms with E-state index >= 15 is 0 Å². The Morgan fingerprint density at radius 3 is 2.50 bits per heavy atom. The van der Waals surface area contributed by atoms with E-state index in [9.17, 15) is 25.0 Å². The average molecular weight is 398 g/mol. The summed E-state index contributed by atoms with van der Waals surface area (Å²) in [4.78, 5) is 37.3. The van der Waals surface area contributed by atoms with Gasteiger partial charge in [0.2, 0.25) is 0 Å². The molecule has 1 N–H and O–H groups in total. The summed E-state index contributed by atoms with van der Waals surface area (Å²) in [6.45, 7) is 3.92. The number of aryl methyl sites for hydroxylation is 2. The van der Waals surface area contributed by atoms with Crippen LogP contribution < -0.4 is 5.32 Å². The lowest BCUT2D eigenvalue weighted by molar-refractivity contribution is -0.394. The van der Waals surface area contributed by atoms with Gasteiger partial charge in [-0.1, -0.05) is 17.7 Å². The van der Waals surface area contributed by atoms with Gasteiger partial charge in [0.05, 0.1) is 21.6 Å². The molecule has 142 valence electrons. The standard InChI is InChI=1S/C18H14N4O5S/c1-10-3-4-11(2)14(7-10)15-9-28-18(19-15)20-17(23)13-6-5-12(21(24)25)8-16(13)22(26)27/h3-9H,1-2H3,(H,19,20,23). The number of thiazole rings is 1. The highest BCUT2D eigenvalue weighted by Crippen LogP contribution is 2.30. The van der Waals surface area contributed by atoms with Crippen molar-refractivity contribution in [2.24, 2.45) is 0 Å². The number of carbonyl (C=O) groups is 1. The molecular formula is C18H14N4O5S. The first-order valence-corrected chi connectivity index (χ1v) is 8.91. The smallest absolute Gasteiger partial charge is 0.289 e. The number of non-ortho nitro benzene ring substituents is 1. The zero-order valence-electron chi connectivity index (χ0n) is 14.8. The van der Waals surface area contributed by atoms with Gasteiger partial charge in [0, 0.05) is 17.0 Å². The third kappa shape index (κ3) is 3.86. The molecule has 9 nitrogen and oxygen atoms in total. The molecule has 2 aromatic carbocycles. The molecule has 0 saturated carbocycles. The lowest BCUT2D eigenvalue weighted by atomic mass is 10.0. The van der Waals surface area contributed by atoms with E-state index in [0.717, 1.165) is 34.9 Å². The van der Waals surface area contributed by atoms with Gasteiger partial charge in [-0.25, -0.2) is 4.98 Å². The van der Waals surface area contributed by atoms with Crippen molar-refractivity contribution in [3.05, 3.63) is 78.7 Å². The van der Waals surface area contributed by atoms with E-state index in [4.69, 9.17) is 0 Å². The second-order valence-corrected chi connectivity index (χ2v) is 6.88. The molecule has 10 heteroatoms. The summed E-state index contributed by atoms with van der Waals surface area (Å²) in [5, 5.41) is 26.6. The summed E-state index contributed by atoms with van der Waals surface area (Å²) in [6, 6.07) is 8.82. The molecule has 0 aliphatic heterocycles. The Morgan fingerprint density at radius 2 is 1.82 bits per heavy atom. The van der Waals surface area contributed by atoms with Gasteiger partial charge in [-0.05, 0) is 31.5 Å². The molecule has 3 aromatic rings. The van der Waals surface area contributed by atoms with Crippen molar-refractivity contribution < 1.29 is 14.6 Å². The van der Waals surface area contributed by atoms with Crippen molar-refractivity contribution in [2.75, 3.05) is 5.32 Å². The first-order valence-electron chi connectivity index (χ1n) is 8.03. The molecule has 0 aliphatic carbocycles. The fraction of sp³-hybridized carbons (Fsp3) is 0.111. The van der Waals surface area contributed by atoms with Crippen molar-refractivity contribution in [2.45, 2.75) is 13.8 Å². The number of nitro groups is 2. The van der Waals surface area contributed by atoms with Crippen LogP contribution in [0.3, 0.4) is 0 Å². The summed E-state index contributed by atoms with van der Waals surface area (Å²) < 4.78 is 0. The van der Waals surface area contributed by atoms with E-state index in [0.29, 0.717) is 5.69 Å². The lowest BCUT2D eigenvalue weighted by Gasteiger charge is -2.04. The fourth-order valence-electron chi connectivity index (χ4n) is 2.61. The highest BCUT2D eigenvalue weighted by atomic mass is 32.1. The molecule has 0 bridgehead atoms. The van der Waals surface area contributed by atoms with E-state index in [2.05, 4.69) is 10.3 Å². The van der Waals surface area contributed by atoms with Crippen LogP contribution in [-0.4, -0.2) is 20.7 Å². The Labute approximate surface area is 163 Å². The topological polar surface area (TPSA) is 128 Å². The maximum absolute atomic E-state index is 12.5. The van der Waals surface area contributed by atoms with Crippen LogP contribution in [0.2, 0.25) is 0 Å². The molecule has 0 saturated heterocycles. The molecular weight excluding hydrogens is 384 g/mol. The number of nitrogens with zero attached hydrogens (tertiary/aromatic N) is 3. The highest BCUT2D eigenvalue weighted by molar-refractivity contribution is 7.14. The molecule has 28 heavy (non-hydrogen) atoms. The minimum atomic E-state index is -0.828. The molecule has 0 aliphatic rings. The molecule has 0 radical (unpaired) electrons. The average Bonchev–Trinajstić information content (AvgIpc) is 3.11. The van der Waals surface area contributed by atoms with Gasteiger partial charge >= 0.3 is 0 Å². The largest absolute Gasteiger partial charge is 0.298 e. The third-order valence-corrected chi connectivity index (χ3v) is 4.78. The van der Waals surface area contributed by atoms with E-state index in [-0.39, 0.29) is 10.7 Å². The van der Waals surface area contributed by atoms with Crippen LogP contribution in [-0.2, 0) is 0 Å². The SMILES string of the molecule is Cc1ccc(C)c(-c2csc(NC(=O)c3ccc([N+](=O)[O-])cc3[N+](=O)[O-])n2)c1.